The van der Waals surface area contributed by atoms with Gasteiger partial charge in [-0.1, -0.05) is 48.5 Å². The van der Waals surface area contributed by atoms with Gasteiger partial charge in [-0.25, -0.2) is 0 Å². The second kappa shape index (κ2) is 12.4. The number of aromatic nitrogens is 1. The molecule has 2 aromatic carbocycles. The minimum atomic E-state index is -1.18. The molecule has 38 heavy (non-hydrogen) atoms. The number of hydrogen-bond acceptors (Lipinski definition) is 5. The molecule has 4 atom stereocenters. The first-order valence-electron chi connectivity index (χ1n) is 12.8. The van der Waals surface area contributed by atoms with E-state index in [4.69, 9.17) is 0 Å². The zero-order valence-corrected chi connectivity index (χ0v) is 21.2. The Morgan fingerprint density at radius 3 is 2.32 bits per heavy atom. The van der Waals surface area contributed by atoms with Crippen LogP contribution in [0.15, 0.2) is 60.8 Å². The van der Waals surface area contributed by atoms with E-state index in [2.05, 4.69) is 26.3 Å². The number of aromatic amines is 1. The van der Waals surface area contributed by atoms with Crippen molar-refractivity contribution in [3.8, 4) is 0 Å². The Bertz CT molecular complexity index is 1290. The SMILES string of the molecule is CC(NC(=O)C(Cc1ccccc1)NC(=O)C(Cc1c[nH]c2ccccc12)NC(=O)C1CCCN1)C(=O)O. The van der Waals surface area contributed by atoms with E-state index in [1.54, 1.807) is 0 Å². The molecule has 2 heterocycles. The molecule has 0 spiro atoms. The molecule has 10 heteroatoms. The van der Waals surface area contributed by atoms with Gasteiger partial charge in [-0.05, 0) is 43.5 Å². The number of hydrogen-bond donors (Lipinski definition) is 6. The minimum Gasteiger partial charge on any atom is -0.480 e. The highest BCUT2D eigenvalue weighted by molar-refractivity contribution is 5.95. The summed E-state index contributed by atoms with van der Waals surface area (Å²) in [6.07, 6.45) is 3.73. The van der Waals surface area contributed by atoms with Crippen LogP contribution >= 0.6 is 0 Å². The van der Waals surface area contributed by atoms with E-state index in [0.717, 1.165) is 35.0 Å². The van der Waals surface area contributed by atoms with E-state index in [-0.39, 0.29) is 24.8 Å². The topological polar surface area (TPSA) is 152 Å². The average Bonchev–Trinajstić information content (AvgIpc) is 3.59. The highest BCUT2D eigenvalue weighted by atomic mass is 16.4. The highest BCUT2D eigenvalue weighted by Crippen LogP contribution is 2.19. The predicted molar refractivity (Wildman–Crippen MR) is 142 cm³/mol. The molecule has 1 fully saturated rings. The molecule has 3 amide bonds. The fourth-order valence-corrected chi connectivity index (χ4v) is 4.62. The maximum atomic E-state index is 13.6. The lowest BCUT2D eigenvalue weighted by Crippen LogP contribution is -2.57. The van der Waals surface area contributed by atoms with Gasteiger partial charge in [-0.15, -0.1) is 0 Å². The number of nitrogens with one attached hydrogen (secondary N) is 5. The number of fused-ring (bicyclic) bond motifs is 1. The number of para-hydroxylation sites is 1. The third-order valence-electron chi connectivity index (χ3n) is 6.75. The summed E-state index contributed by atoms with van der Waals surface area (Å²) in [6.45, 7) is 2.09. The summed E-state index contributed by atoms with van der Waals surface area (Å²) in [5.41, 5.74) is 2.56. The summed E-state index contributed by atoms with van der Waals surface area (Å²) in [6, 6.07) is 13.3. The maximum absolute atomic E-state index is 13.6. The largest absolute Gasteiger partial charge is 0.480 e. The van der Waals surface area contributed by atoms with Gasteiger partial charge < -0.3 is 31.4 Å². The Morgan fingerprint density at radius 2 is 1.61 bits per heavy atom. The Labute approximate surface area is 220 Å². The number of H-pyrrole nitrogens is 1. The van der Waals surface area contributed by atoms with Gasteiger partial charge in [-0.3, -0.25) is 19.2 Å². The predicted octanol–water partition coefficient (Wildman–Crippen LogP) is 1.26. The van der Waals surface area contributed by atoms with Crippen molar-refractivity contribution < 1.29 is 24.3 Å². The number of benzene rings is 2. The van der Waals surface area contributed by atoms with E-state index in [0.29, 0.717) is 6.42 Å². The van der Waals surface area contributed by atoms with Crippen LogP contribution < -0.4 is 21.3 Å². The third-order valence-corrected chi connectivity index (χ3v) is 6.75. The van der Waals surface area contributed by atoms with E-state index in [1.165, 1.54) is 6.92 Å². The van der Waals surface area contributed by atoms with Crippen molar-refractivity contribution >= 4 is 34.6 Å². The molecule has 0 aliphatic carbocycles. The number of carboxylic acid groups (broad SMARTS) is 1. The smallest absolute Gasteiger partial charge is 0.325 e. The van der Waals surface area contributed by atoms with Gasteiger partial charge in [-0.2, -0.15) is 0 Å². The molecule has 1 aromatic heterocycles. The van der Waals surface area contributed by atoms with Crippen LogP contribution in [0.25, 0.3) is 10.9 Å². The normalized spacial score (nSPS) is 17.3. The molecule has 200 valence electrons. The molecule has 1 aliphatic rings. The molecule has 10 nitrogen and oxygen atoms in total. The van der Waals surface area contributed by atoms with Crippen molar-refractivity contribution in [3.05, 3.63) is 71.9 Å². The molecule has 1 saturated heterocycles. The van der Waals surface area contributed by atoms with Gasteiger partial charge in [0.15, 0.2) is 0 Å². The van der Waals surface area contributed by atoms with Crippen LogP contribution in [0.1, 0.15) is 30.9 Å². The highest BCUT2D eigenvalue weighted by Gasteiger charge is 2.31. The Hall–Kier alpha value is -4.18. The molecular weight excluding hydrogens is 486 g/mol. The summed E-state index contributed by atoms with van der Waals surface area (Å²) in [5.74, 6) is -2.60. The lowest BCUT2D eigenvalue weighted by molar-refractivity contribution is -0.141. The van der Waals surface area contributed by atoms with Crippen LogP contribution in [-0.2, 0) is 32.0 Å². The van der Waals surface area contributed by atoms with Crippen LogP contribution in [-0.4, -0.2) is 64.5 Å². The van der Waals surface area contributed by atoms with E-state index < -0.39 is 35.9 Å². The minimum absolute atomic E-state index is 0.155. The van der Waals surface area contributed by atoms with Gasteiger partial charge in [0.25, 0.3) is 0 Å². The van der Waals surface area contributed by atoms with Gasteiger partial charge >= 0.3 is 5.97 Å². The number of amides is 3. The van der Waals surface area contributed by atoms with Gasteiger partial charge in [0, 0.05) is 29.9 Å². The maximum Gasteiger partial charge on any atom is 0.325 e. The quantitative estimate of drug-likeness (QED) is 0.224. The van der Waals surface area contributed by atoms with Crippen LogP contribution in [0.3, 0.4) is 0 Å². The van der Waals surface area contributed by atoms with Crippen molar-refractivity contribution in [2.75, 3.05) is 6.54 Å². The second-order valence-electron chi connectivity index (χ2n) is 9.59. The Balaban J connectivity index is 1.57. The number of carbonyl (C=O) groups is 4. The number of carboxylic acids is 1. The van der Waals surface area contributed by atoms with Gasteiger partial charge in [0.1, 0.15) is 18.1 Å². The number of rotatable bonds is 11. The summed E-state index contributed by atoms with van der Waals surface area (Å²) in [5, 5.41) is 21.4. The molecule has 0 bridgehead atoms. The van der Waals surface area contributed by atoms with Crippen molar-refractivity contribution in [1.82, 2.24) is 26.3 Å². The van der Waals surface area contributed by atoms with Crippen LogP contribution in [0.2, 0.25) is 0 Å². The zero-order valence-electron chi connectivity index (χ0n) is 21.2. The van der Waals surface area contributed by atoms with E-state index >= 15 is 0 Å². The second-order valence-corrected chi connectivity index (χ2v) is 9.59. The van der Waals surface area contributed by atoms with E-state index in [9.17, 15) is 24.3 Å². The first-order chi connectivity index (χ1) is 18.3. The van der Waals surface area contributed by atoms with E-state index in [1.807, 2.05) is 60.8 Å². The molecule has 0 saturated carbocycles. The summed E-state index contributed by atoms with van der Waals surface area (Å²) < 4.78 is 0. The summed E-state index contributed by atoms with van der Waals surface area (Å²) in [7, 11) is 0. The number of aliphatic carboxylic acids is 1. The molecule has 4 unspecified atom stereocenters. The van der Waals surface area contributed by atoms with Gasteiger partial charge in [0.05, 0.1) is 6.04 Å². The molecule has 3 aromatic rings. The summed E-state index contributed by atoms with van der Waals surface area (Å²) in [4.78, 5) is 54.2. The first kappa shape index (κ1) is 26.9. The molecular formula is C28H33N5O5. The monoisotopic (exact) mass is 519 g/mol. The molecule has 0 radical (unpaired) electrons. The fourth-order valence-electron chi connectivity index (χ4n) is 4.62. The van der Waals surface area contributed by atoms with Crippen LogP contribution in [0.5, 0.6) is 0 Å². The van der Waals surface area contributed by atoms with Crippen molar-refractivity contribution in [3.63, 3.8) is 0 Å². The van der Waals surface area contributed by atoms with Crippen molar-refractivity contribution in [2.24, 2.45) is 0 Å². The van der Waals surface area contributed by atoms with Crippen molar-refractivity contribution in [1.29, 1.82) is 0 Å². The standard InChI is InChI=1S/C28H33N5O5/c1-17(28(37)38)31-26(35)23(14-18-8-3-2-4-9-18)32-27(36)24(33-25(34)22-12-7-13-29-22)15-19-16-30-21-11-6-5-10-20(19)21/h2-6,8-11,16-17,22-24,29-30H,7,12-15H2,1H3,(H,31,35)(H,32,36)(H,33,34)(H,37,38). The lowest BCUT2D eigenvalue weighted by Gasteiger charge is -2.25. The Morgan fingerprint density at radius 1 is 0.921 bits per heavy atom. The molecule has 4 rings (SSSR count). The fraction of sp³-hybridized carbons (Fsp3) is 0.357. The van der Waals surface area contributed by atoms with Crippen molar-refractivity contribution in [2.45, 2.75) is 56.8 Å². The lowest BCUT2D eigenvalue weighted by atomic mass is 10.0. The summed E-state index contributed by atoms with van der Waals surface area (Å²) >= 11 is 0. The molecule has 1 aliphatic heterocycles. The molecule has 6 N–H and O–H groups in total. The van der Waals surface area contributed by atoms with Gasteiger partial charge in [0.2, 0.25) is 17.7 Å². The number of carbonyl (C=O) groups excluding carboxylic acids is 3. The Kier molecular flexibility index (Phi) is 8.75. The first-order valence-corrected chi connectivity index (χ1v) is 12.8. The van der Waals surface area contributed by atoms with Crippen LogP contribution in [0.4, 0.5) is 0 Å². The average molecular weight is 520 g/mol. The third kappa shape index (κ3) is 6.77. The van der Waals surface area contributed by atoms with Crippen LogP contribution in [0, 0.1) is 0 Å². The zero-order chi connectivity index (χ0) is 27.1.